The number of aliphatic imine (C=N–C) groups is 1. The molecule has 0 aliphatic carbocycles. The predicted molar refractivity (Wildman–Crippen MR) is 119 cm³/mol. The summed E-state index contributed by atoms with van der Waals surface area (Å²) in [5, 5.41) is 4.24. The van der Waals surface area contributed by atoms with Crippen molar-refractivity contribution >= 4 is 52.7 Å². The van der Waals surface area contributed by atoms with Gasteiger partial charge in [0.2, 0.25) is 0 Å². The van der Waals surface area contributed by atoms with Gasteiger partial charge in [0.15, 0.2) is 5.96 Å². The first-order valence-corrected chi connectivity index (χ1v) is 9.86. The topological polar surface area (TPSA) is 56.3 Å². The molecule has 0 saturated carbocycles. The molecule has 0 radical (unpaired) electrons. The molecular weight excluding hydrogens is 445 g/mol. The predicted octanol–water partition coefficient (Wildman–Crippen LogP) is 3.52. The highest BCUT2D eigenvalue weighted by Gasteiger charge is 2.21. The summed E-state index contributed by atoms with van der Waals surface area (Å²) in [6, 6.07) is 8.19. The Hall–Kier alpha value is -0.960. The Balaban J connectivity index is 0.00000225. The number of benzene rings is 1. The molecule has 2 aromatic rings. The van der Waals surface area contributed by atoms with Crippen LogP contribution in [0.4, 0.5) is 0 Å². The van der Waals surface area contributed by atoms with E-state index in [1.54, 1.807) is 0 Å². The normalized spacial score (nSPS) is 18.2. The van der Waals surface area contributed by atoms with Crippen LogP contribution in [0.3, 0.4) is 0 Å². The van der Waals surface area contributed by atoms with Crippen LogP contribution in [0, 0.1) is 0 Å². The monoisotopic (exact) mass is 473 g/mol. The van der Waals surface area contributed by atoms with Gasteiger partial charge in [-0.25, -0.2) is 4.98 Å². The summed E-state index contributed by atoms with van der Waals surface area (Å²) in [5.74, 6) is 3.30. The molecule has 2 heterocycles. The molecule has 25 heavy (non-hydrogen) atoms. The number of nitrogens with one attached hydrogen (secondary N) is 2. The van der Waals surface area contributed by atoms with E-state index in [1.807, 2.05) is 25.2 Å². The largest absolute Gasteiger partial charge is 0.356 e. The number of H-pyrrole nitrogens is 1. The highest BCUT2D eigenvalue weighted by Crippen LogP contribution is 2.21. The van der Waals surface area contributed by atoms with E-state index < -0.39 is 0 Å². The van der Waals surface area contributed by atoms with E-state index in [4.69, 9.17) is 0 Å². The van der Waals surface area contributed by atoms with Crippen LogP contribution in [0.2, 0.25) is 0 Å². The molecule has 5 nitrogen and oxygen atoms in total. The number of aromatic nitrogens is 2. The first kappa shape index (κ1) is 20.4. The van der Waals surface area contributed by atoms with Gasteiger partial charge >= 0.3 is 0 Å². The third-order valence-electron chi connectivity index (χ3n) is 4.42. The van der Waals surface area contributed by atoms with Crippen molar-refractivity contribution in [2.75, 3.05) is 32.4 Å². The summed E-state index contributed by atoms with van der Waals surface area (Å²) in [4.78, 5) is 14.9. The van der Waals surface area contributed by atoms with Gasteiger partial charge in [0.05, 0.1) is 11.0 Å². The van der Waals surface area contributed by atoms with E-state index in [2.05, 4.69) is 49.9 Å². The molecule has 7 heteroatoms. The molecule has 1 aromatic heterocycles. The smallest absolute Gasteiger partial charge is 0.193 e. The summed E-state index contributed by atoms with van der Waals surface area (Å²) in [7, 11) is 1.88. The highest BCUT2D eigenvalue weighted by molar-refractivity contribution is 14.0. The third-order valence-corrected chi connectivity index (χ3v) is 5.79. The number of aryl methyl sites for hydroxylation is 1. The number of imidazole rings is 1. The van der Waals surface area contributed by atoms with Crippen molar-refractivity contribution in [3.8, 4) is 0 Å². The second-order valence-electron chi connectivity index (χ2n) is 6.13. The summed E-state index contributed by atoms with van der Waals surface area (Å²) in [6.45, 7) is 5.38. The van der Waals surface area contributed by atoms with Crippen LogP contribution in [-0.2, 0) is 6.42 Å². The Morgan fingerprint density at radius 1 is 1.44 bits per heavy atom. The van der Waals surface area contributed by atoms with Crippen molar-refractivity contribution in [1.82, 2.24) is 20.2 Å². The molecule has 1 aromatic carbocycles. The SMILES string of the molecule is CCC1CN(C(=NC)NCCCc2nc3ccccc3[nH]2)CCS1.I. The fourth-order valence-electron chi connectivity index (χ4n) is 3.07. The number of thioether (sulfide) groups is 1. The van der Waals surface area contributed by atoms with Crippen LogP contribution in [-0.4, -0.2) is 58.5 Å². The van der Waals surface area contributed by atoms with Gasteiger partial charge in [0.25, 0.3) is 0 Å². The van der Waals surface area contributed by atoms with Gasteiger partial charge in [0.1, 0.15) is 5.82 Å². The lowest BCUT2D eigenvalue weighted by Crippen LogP contribution is -2.48. The Morgan fingerprint density at radius 2 is 2.28 bits per heavy atom. The maximum Gasteiger partial charge on any atom is 0.193 e. The molecule has 1 atom stereocenters. The lowest BCUT2D eigenvalue weighted by atomic mass is 10.3. The van der Waals surface area contributed by atoms with Gasteiger partial charge in [-0.1, -0.05) is 19.1 Å². The first-order chi connectivity index (χ1) is 11.8. The van der Waals surface area contributed by atoms with Crippen LogP contribution < -0.4 is 5.32 Å². The van der Waals surface area contributed by atoms with Gasteiger partial charge in [0, 0.05) is 44.1 Å². The second kappa shape index (κ2) is 10.3. The number of para-hydroxylation sites is 2. The number of hydrogen-bond acceptors (Lipinski definition) is 3. The van der Waals surface area contributed by atoms with Gasteiger partial charge < -0.3 is 15.2 Å². The molecule has 0 amide bonds. The van der Waals surface area contributed by atoms with Gasteiger partial charge in [-0.15, -0.1) is 24.0 Å². The molecule has 0 bridgehead atoms. The minimum atomic E-state index is 0. The van der Waals surface area contributed by atoms with E-state index in [9.17, 15) is 0 Å². The summed E-state index contributed by atoms with van der Waals surface area (Å²) < 4.78 is 0. The number of guanidine groups is 1. The third kappa shape index (κ3) is 5.51. The van der Waals surface area contributed by atoms with Crippen molar-refractivity contribution in [2.24, 2.45) is 4.99 Å². The molecule has 2 N–H and O–H groups in total. The number of rotatable bonds is 5. The maximum atomic E-state index is 4.63. The second-order valence-corrected chi connectivity index (χ2v) is 7.53. The molecule has 0 spiro atoms. The van der Waals surface area contributed by atoms with Crippen molar-refractivity contribution in [1.29, 1.82) is 0 Å². The molecule has 1 unspecified atom stereocenters. The van der Waals surface area contributed by atoms with Crippen LogP contribution in [0.5, 0.6) is 0 Å². The molecule has 1 aliphatic heterocycles. The number of halogens is 1. The Morgan fingerprint density at radius 3 is 3.04 bits per heavy atom. The highest BCUT2D eigenvalue weighted by atomic mass is 127. The van der Waals surface area contributed by atoms with Crippen molar-refractivity contribution in [3.63, 3.8) is 0 Å². The van der Waals surface area contributed by atoms with Gasteiger partial charge in [-0.3, -0.25) is 4.99 Å². The zero-order valence-corrected chi connectivity index (χ0v) is 18.1. The first-order valence-electron chi connectivity index (χ1n) is 8.81. The fraction of sp³-hybridized carbons (Fsp3) is 0.556. The average molecular weight is 473 g/mol. The van der Waals surface area contributed by atoms with Crippen LogP contribution in [0.15, 0.2) is 29.3 Å². The van der Waals surface area contributed by atoms with E-state index >= 15 is 0 Å². The van der Waals surface area contributed by atoms with E-state index in [-0.39, 0.29) is 24.0 Å². The van der Waals surface area contributed by atoms with E-state index in [0.717, 1.165) is 60.5 Å². The molecule has 1 saturated heterocycles. The van der Waals surface area contributed by atoms with Crippen LogP contribution >= 0.6 is 35.7 Å². The van der Waals surface area contributed by atoms with Gasteiger partial charge in [-0.2, -0.15) is 11.8 Å². The Kier molecular flexibility index (Phi) is 8.35. The quantitative estimate of drug-likeness (QED) is 0.302. The van der Waals surface area contributed by atoms with Gasteiger partial charge in [-0.05, 0) is 25.0 Å². The summed E-state index contributed by atoms with van der Waals surface area (Å²) in [5.41, 5.74) is 2.17. The zero-order chi connectivity index (χ0) is 16.8. The average Bonchev–Trinajstić information content (AvgIpc) is 3.04. The zero-order valence-electron chi connectivity index (χ0n) is 15.0. The van der Waals surface area contributed by atoms with E-state index in [0.29, 0.717) is 0 Å². The fourth-order valence-corrected chi connectivity index (χ4v) is 4.25. The Bertz CT molecular complexity index is 654. The van der Waals surface area contributed by atoms with Crippen molar-refractivity contribution in [3.05, 3.63) is 30.1 Å². The molecule has 3 rings (SSSR count). The summed E-state index contributed by atoms with van der Waals surface area (Å²) in [6.07, 6.45) is 3.22. The van der Waals surface area contributed by atoms with E-state index in [1.165, 1.54) is 12.2 Å². The summed E-state index contributed by atoms with van der Waals surface area (Å²) >= 11 is 2.09. The maximum absolute atomic E-state index is 4.63. The standard InChI is InChI=1S/C18H27N5S.HI/c1-3-14-13-23(11-12-24-14)18(19-2)20-10-6-9-17-21-15-7-4-5-8-16(15)22-17;/h4-5,7-8,14H,3,6,9-13H2,1-2H3,(H,19,20)(H,21,22);1H. The Labute approximate surface area is 171 Å². The van der Waals surface area contributed by atoms with Crippen LogP contribution in [0.1, 0.15) is 25.6 Å². The van der Waals surface area contributed by atoms with Crippen molar-refractivity contribution in [2.45, 2.75) is 31.4 Å². The lowest BCUT2D eigenvalue weighted by Gasteiger charge is -2.34. The minimum absolute atomic E-state index is 0. The number of nitrogens with zero attached hydrogens (tertiary/aromatic N) is 3. The molecular formula is C18H28IN5S. The molecule has 1 aliphatic rings. The minimum Gasteiger partial charge on any atom is -0.356 e. The van der Waals surface area contributed by atoms with Crippen molar-refractivity contribution < 1.29 is 0 Å². The number of aromatic amines is 1. The number of fused-ring (bicyclic) bond motifs is 1. The number of hydrogen-bond donors (Lipinski definition) is 2. The molecule has 138 valence electrons. The molecule has 1 fully saturated rings. The lowest BCUT2D eigenvalue weighted by molar-refractivity contribution is 0.408. The van der Waals surface area contributed by atoms with Crippen LogP contribution in [0.25, 0.3) is 11.0 Å².